The molecule has 1 amide bonds. The summed E-state index contributed by atoms with van der Waals surface area (Å²) in [7, 11) is 3.05. The molecular weight excluding hydrogens is 415 g/mol. The molecule has 4 aromatic rings. The topological polar surface area (TPSA) is 87.0 Å². The lowest BCUT2D eigenvalue weighted by Crippen LogP contribution is -2.30. The molecule has 0 fully saturated rings. The van der Waals surface area contributed by atoms with E-state index < -0.39 is 17.8 Å². The molecule has 2 heterocycles. The summed E-state index contributed by atoms with van der Waals surface area (Å²) in [6, 6.07) is 14.7. The van der Waals surface area contributed by atoms with Gasteiger partial charge in [-0.2, -0.15) is 0 Å². The Morgan fingerprint density at radius 2 is 1.88 bits per heavy atom. The predicted molar refractivity (Wildman–Crippen MR) is 117 cm³/mol. The molecule has 32 heavy (non-hydrogen) atoms. The quantitative estimate of drug-likeness (QED) is 0.472. The highest BCUT2D eigenvalue weighted by atomic mass is 19.1. The zero-order chi connectivity index (χ0) is 22.7. The van der Waals surface area contributed by atoms with E-state index in [-0.39, 0.29) is 5.75 Å². The highest BCUT2D eigenvalue weighted by Gasteiger charge is 2.19. The van der Waals surface area contributed by atoms with Crippen LogP contribution in [0.3, 0.4) is 0 Å². The van der Waals surface area contributed by atoms with Crippen molar-refractivity contribution in [1.82, 2.24) is 14.6 Å². The number of rotatable bonds is 7. The first-order valence-corrected chi connectivity index (χ1v) is 9.79. The number of nitrogens with zero attached hydrogens (tertiary/aromatic N) is 3. The SMILES string of the molecule is COc1ccc2nc(-c3ccc(OC)c(NC(=O)[C@@H](C)Oc4ccccc4F)c3)cn2n1. The van der Waals surface area contributed by atoms with Gasteiger partial charge < -0.3 is 19.5 Å². The minimum Gasteiger partial charge on any atom is -0.495 e. The van der Waals surface area contributed by atoms with E-state index in [9.17, 15) is 9.18 Å². The average Bonchev–Trinajstić information content (AvgIpc) is 3.23. The standard InChI is InChI=1S/C23H21FN4O4/c1-14(32-19-7-5-4-6-16(19)24)23(29)26-17-12-15(8-9-20(17)30-2)18-13-28-21(25-18)10-11-22(27-28)31-3/h4-14H,1-3H3,(H,26,29)/t14-/m1/s1. The van der Waals surface area contributed by atoms with Crippen molar-refractivity contribution in [2.75, 3.05) is 19.5 Å². The maximum absolute atomic E-state index is 13.8. The summed E-state index contributed by atoms with van der Waals surface area (Å²) >= 11 is 0. The van der Waals surface area contributed by atoms with Crippen LogP contribution >= 0.6 is 0 Å². The minimum atomic E-state index is -0.938. The number of benzene rings is 2. The number of carbonyl (C=O) groups excluding carboxylic acids is 1. The molecule has 0 saturated heterocycles. The molecule has 0 saturated carbocycles. The zero-order valence-electron chi connectivity index (χ0n) is 17.7. The van der Waals surface area contributed by atoms with Crippen LogP contribution in [0.5, 0.6) is 17.4 Å². The Morgan fingerprint density at radius 3 is 2.62 bits per heavy atom. The Kier molecular flexibility index (Phi) is 5.89. The molecule has 0 unspecified atom stereocenters. The molecule has 0 bridgehead atoms. The molecule has 0 radical (unpaired) electrons. The summed E-state index contributed by atoms with van der Waals surface area (Å²) in [4.78, 5) is 17.3. The third-order valence-electron chi connectivity index (χ3n) is 4.77. The highest BCUT2D eigenvalue weighted by Crippen LogP contribution is 2.31. The van der Waals surface area contributed by atoms with Gasteiger partial charge in [0, 0.05) is 11.6 Å². The Bertz CT molecular complexity index is 1270. The van der Waals surface area contributed by atoms with Crippen molar-refractivity contribution >= 4 is 17.2 Å². The van der Waals surface area contributed by atoms with Gasteiger partial charge in [0.1, 0.15) is 5.75 Å². The largest absolute Gasteiger partial charge is 0.495 e. The van der Waals surface area contributed by atoms with Gasteiger partial charge in [-0.25, -0.2) is 13.9 Å². The predicted octanol–water partition coefficient (Wildman–Crippen LogP) is 3.96. The maximum atomic E-state index is 13.8. The van der Waals surface area contributed by atoms with E-state index in [2.05, 4.69) is 15.4 Å². The van der Waals surface area contributed by atoms with E-state index in [0.29, 0.717) is 28.7 Å². The lowest BCUT2D eigenvalue weighted by Gasteiger charge is -2.17. The minimum absolute atomic E-state index is 0.00324. The van der Waals surface area contributed by atoms with Crippen LogP contribution in [0.15, 0.2) is 60.8 Å². The maximum Gasteiger partial charge on any atom is 0.265 e. The van der Waals surface area contributed by atoms with Crippen LogP contribution in [0.25, 0.3) is 16.9 Å². The third kappa shape index (κ3) is 4.31. The lowest BCUT2D eigenvalue weighted by molar-refractivity contribution is -0.122. The molecule has 0 spiro atoms. The zero-order valence-corrected chi connectivity index (χ0v) is 17.7. The molecule has 4 rings (SSSR count). The number of halogens is 1. The number of methoxy groups -OCH3 is 2. The third-order valence-corrected chi connectivity index (χ3v) is 4.77. The summed E-state index contributed by atoms with van der Waals surface area (Å²) < 4.78 is 31.4. The molecule has 0 aliphatic rings. The molecule has 1 N–H and O–H groups in total. The molecular formula is C23H21FN4O4. The summed E-state index contributed by atoms with van der Waals surface area (Å²) in [6.07, 6.45) is 0.821. The molecule has 0 aliphatic heterocycles. The number of imidazole rings is 1. The van der Waals surface area contributed by atoms with Crippen molar-refractivity contribution < 1.29 is 23.4 Å². The molecule has 2 aromatic heterocycles. The number of nitrogens with one attached hydrogen (secondary N) is 1. The number of ether oxygens (including phenoxy) is 3. The van der Waals surface area contributed by atoms with Crippen molar-refractivity contribution in [1.29, 1.82) is 0 Å². The number of aromatic nitrogens is 3. The Labute approximate surface area is 183 Å². The molecule has 9 heteroatoms. The van der Waals surface area contributed by atoms with Gasteiger partial charge in [-0.1, -0.05) is 12.1 Å². The smallest absolute Gasteiger partial charge is 0.265 e. The molecule has 0 aliphatic carbocycles. The van der Waals surface area contributed by atoms with E-state index in [1.807, 2.05) is 6.07 Å². The molecule has 164 valence electrons. The number of para-hydroxylation sites is 1. The Hall–Kier alpha value is -4.14. The van der Waals surface area contributed by atoms with Crippen LogP contribution in [0, 0.1) is 5.82 Å². The van der Waals surface area contributed by atoms with Gasteiger partial charge in [-0.3, -0.25) is 4.79 Å². The van der Waals surface area contributed by atoms with E-state index >= 15 is 0 Å². The van der Waals surface area contributed by atoms with Gasteiger partial charge >= 0.3 is 0 Å². The number of carbonyl (C=O) groups is 1. The van der Waals surface area contributed by atoms with Gasteiger partial charge in [-0.15, -0.1) is 5.10 Å². The first kappa shape index (κ1) is 21.1. The fourth-order valence-electron chi connectivity index (χ4n) is 3.10. The number of anilines is 1. The summed E-state index contributed by atoms with van der Waals surface area (Å²) in [5, 5.41) is 7.09. The Balaban J connectivity index is 1.58. The lowest BCUT2D eigenvalue weighted by atomic mass is 10.1. The van der Waals surface area contributed by atoms with E-state index in [1.165, 1.54) is 19.2 Å². The van der Waals surface area contributed by atoms with Crippen LogP contribution in [0.1, 0.15) is 6.92 Å². The van der Waals surface area contributed by atoms with E-state index in [1.54, 1.807) is 61.1 Å². The fraction of sp³-hybridized carbons (Fsp3) is 0.174. The van der Waals surface area contributed by atoms with Gasteiger partial charge in [-0.05, 0) is 43.3 Å². The van der Waals surface area contributed by atoms with Crippen LogP contribution in [-0.4, -0.2) is 40.8 Å². The monoisotopic (exact) mass is 436 g/mol. The number of fused-ring (bicyclic) bond motifs is 1. The van der Waals surface area contributed by atoms with Crippen molar-refractivity contribution in [3.05, 3.63) is 66.6 Å². The van der Waals surface area contributed by atoms with Crippen molar-refractivity contribution in [3.63, 3.8) is 0 Å². The van der Waals surface area contributed by atoms with Gasteiger partial charge in [0.2, 0.25) is 5.88 Å². The second-order valence-corrected chi connectivity index (χ2v) is 6.90. The molecule has 1 atom stereocenters. The number of hydrogen-bond acceptors (Lipinski definition) is 6. The Morgan fingerprint density at radius 1 is 1.06 bits per heavy atom. The number of amides is 1. The summed E-state index contributed by atoms with van der Waals surface area (Å²) in [5.74, 6) is -0.0610. The first-order valence-electron chi connectivity index (χ1n) is 9.79. The van der Waals surface area contributed by atoms with Crippen molar-refractivity contribution in [3.8, 4) is 28.6 Å². The highest BCUT2D eigenvalue weighted by molar-refractivity contribution is 5.96. The second kappa shape index (κ2) is 8.93. The van der Waals surface area contributed by atoms with Gasteiger partial charge in [0.05, 0.1) is 31.8 Å². The molecule has 8 nitrogen and oxygen atoms in total. The van der Waals surface area contributed by atoms with Crippen molar-refractivity contribution in [2.24, 2.45) is 0 Å². The van der Waals surface area contributed by atoms with Crippen molar-refractivity contribution in [2.45, 2.75) is 13.0 Å². The normalized spacial score (nSPS) is 11.8. The van der Waals surface area contributed by atoms with E-state index in [0.717, 1.165) is 5.56 Å². The number of hydrogen-bond donors (Lipinski definition) is 1. The van der Waals surface area contributed by atoms with Crippen LogP contribution in [-0.2, 0) is 4.79 Å². The van der Waals surface area contributed by atoms with Crippen LogP contribution in [0.2, 0.25) is 0 Å². The van der Waals surface area contributed by atoms with E-state index in [4.69, 9.17) is 14.2 Å². The molecule has 2 aromatic carbocycles. The van der Waals surface area contributed by atoms with Gasteiger partial charge in [0.15, 0.2) is 23.3 Å². The first-order chi connectivity index (χ1) is 15.5. The fourth-order valence-corrected chi connectivity index (χ4v) is 3.10. The summed E-state index contributed by atoms with van der Waals surface area (Å²) in [6.45, 7) is 1.54. The second-order valence-electron chi connectivity index (χ2n) is 6.90. The average molecular weight is 436 g/mol. The van der Waals surface area contributed by atoms with Gasteiger partial charge in [0.25, 0.3) is 5.91 Å². The van der Waals surface area contributed by atoms with Crippen LogP contribution < -0.4 is 19.5 Å². The van der Waals surface area contributed by atoms with Crippen LogP contribution in [0.4, 0.5) is 10.1 Å². The summed E-state index contributed by atoms with van der Waals surface area (Å²) in [5.41, 5.74) is 2.48.